The predicted molar refractivity (Wildman–Crippen MR) is 67.7 cm³/mol. The zero-order chi connectivity index (χ0) is 14.8. The summed E-state index contributed by atoms with van der Waals surface area (Å²) in [5, 5.41) is 0. The molecule has 0 aliphatic heterocycles. The van der Waals surface area contributed by atoms with Gasteiger partial charge in [0.2, 0.25) is 15.9 Å². The molecule has 3 N–H and O–H groups in total. The first-order valence-corrected chi connectivity index (χ1v) is 7.36. The number of carbonyl (C=O) groups excluding carboxylic acids is 1. The maximum Gasteiger partial charge on any atom is 0.244 e. The van der Waals surface area contributed by atoms with Gasteiger partial charge < -0.3 is 5.73 Å². The summed E-state index contributed by atoms with van der Waals surface area (Å²) >= 11 is 2.78. The molecule has 1 unspecified atom stereocenters. The van der Waals surface area contributed by atoms with Crippen molar-refractivity contribution in [2.24, 2.45) is 5.73 Å². The van der Waals surface area contributed by atoms with Crippen LogP contribution in [-0.4, -0.2) is 20.4 Å². The molecule has 1 atom stereocenters. The highest BCUT2D eigenvalue weighted by molar-refractivity contribution is 9.10. The molecule has 5 nitrogen and oxygen atoms in total. The number of primary amides is 1. The Morgan fingerprint density at radius 3 is 2.53 bits per heavy atom. The molecular weight excluding hydrogens is 346 g/mol. The first kappa shape index (κ1) is 16.0. The summed E-state index contributed by atoms with van der Waals surface area (Å²) in [6.45, 7) is 1.40. The van der Waals surface area contributed by atoms with E-state index in [1.807, 2.05) is 0 Å². The molecular formula is C10H11BrF2N2O3S. The van der Waals surface area contributed by atoms with Crippen LogP contribution >= 0.6 is 15.9 Å². The van der Waals surface area contributed by atoms with Crippen LogP contribution in [-0.2, 0) is 14.8 Å². The van der Waals surface area contributed by atoms with Crippen LogP contribution in [0, 0.1) is 11.6 Å². The minimum Gasteiger partial charge on any atom is -0.370 e. The number of nitrogens with two attached hydrogens (primary N) is 1. The Hall–Kier alpha value is -1.06. The molecule has 9 heteroatoms. The molecule has 19 heavy (non-hydrogen) atoms. The molecule has 0 aromatic heterocycles. The highest BCUT2D eigenvalue weighted by Gasteiger charge is 2.25. The van der Waals surface area contributed by atoms with Gasteiger partial charge in [-0.3, -0.25) is 4.79 Å². The van der Waals surface area contributed by atoms with Crippen LogP contribution in [0.25, 0.3) is 0 Å². The number of benzene rings is 1. The minimum atomic E-state index is -4.23. The van der Waals surface area contributed by atoms with E-state index in [4.69, 9.17) is 5.73 Å². The lowest BCUT2D eigenvalue weighted by molar-refractivity contribution is -0.118. The van der Waals surface area contributed by atoms with Crippen molar-refractivity contribution in [3.63, 3.8) is 0 Å². The summed E-state index contributed by atoms with van der Waals surface area (Å²) in [7, 11) is -4.23. The molecule has 1 aromatic rings. The fourth-order valence-corrected chi connectivity index (χ4v) is 3.86. The number of hydrogen-bond acceptors (Lipinski definition) is 3. The number of amides is 1. The smallest absolute Gasteiger partial charge is 0.244 e. The van der Waals surface area contributed by atoms with E-state index in [9.17, 15) is 22.0 Å². The van der Waals surface area contributed by atoms with Gasteiger partial charge >= 0.3 is 0 Å². The van der Waals surface area contributed by atoms with Crippen LogP contribution in [0.1, 0.15) is 13.3 Å². The summed E-state index contributed by atoms with van der Waals surface area (Å²) in [6.07, 6.45) is -0.236. The SMILES string of the molecule is CC(CC(N)=O)NS(=O)(=O)c1c(F)cc(F)cc1Br. The Balaban J connectivity index is 3.11. The highest BCUT2D eigenvalue weighted by Crippen LogP contribution is 2.26. The number of halogens is 3. The third kappa shape index (κ3) is 4.22. The van der Waals surface area contributed by atoms with Crippen molar-refractivity contribution in [2.45, 2.75) is 24.3 Å². The van der Waals surface area contributed by atoms with Crippen LogP contribution in [0.3, 0.4) is 0 Å². The zero-order valence-electron chi connectivity index (χ0n) is 9.78. The Labute approximate surface area is 117 Å². The number of rotatable bonds is 5. The molecule has 1 rings (SSSR count). The molecule has 0 heterocycles. The topological polar surface area (TPSA) is 89.3 Å². The van der Waals surface area contributed by atoms with E-state index in [0.717, 1.165) is 6.07 Å². The summed E-state index contributed by atoms with van der Waals surface area (Å²) in [6, 6.07) is 0.480. The lowest BCUT2D eigenvalue weighted by Gasteiger charge is -2.14. The molecule has 0 spiro atoms. The Kier molecular flexibility index (Phi) is 4.99. The van der Waals surface area contributed by atoms with Gasteiger partial charge in [-0.1, -0.05) is 0 Å². The van der Waals surface area contributed by atoms with Gasteiger partial charge in [0.25, 0.3) is 0 Å². The van der Waals surface area contributed by atoms with Gasteiger partial charge in [0, 0.05) is 23.0 Å². The third-order valence-corrected chi connectivity index (χ3v) is 4.65. The maximum absolute atomic E-state index is 13.5. The van der Waals surface area contributed by atoms with Crippen molar-refractivity contribution in [2.75, 3.05) is 0 Å². The second-order valence-electron chi connectivity index (χ2n) is 3.89. The molecule has 1 aromatic carbocycles. The van der Waals surface area contributed by atoms with E-state index >= 15 is 0 Å². The quantitative estimate of drug-likeness (QED) is 0.832. The van der Waals surface area contributed by atoms with Crippen molar-refractivity contribution in [3.8, 4) is 0 Å². The Bertz CT molecular complexity index is 584. The predicted octanol–water partition coefficient (Wildman–Crippen LogP) is 1.27. The van der Waals surface area contributed by atoms with E-state index in [1.165, 1.54) is 6.92 Å². The maximum atomic E-state index is 13.5. The average molecular weight is 357 g/mol. The van der Waals surface area contributed by atoms with Gasteiger partial charge in [-0.15, -0.1) is 0 Å². The van der Waals surface area contributed by atoms with E-state index in [1.54, 1.807) is 0 Å². The largest absolute Gasteiger partial charge is 0.370 e. The van der Waals surface area contributed by atoms with Gasteiger partial charge in [0.15, 0.2) is 0 Å². The van der Waals surface area contributed by atoms with E-state index in [2.05, 4.69) is 20.7 Å². The highest BCUT2D eigenvalue weighted by atomic mass is 79.9. The Morgan fingerprint density at radius 2 is 2.05 bits per heavy atom. The number of carbonyl (C=O) groups is 1. The van der Waals surface area contributed by atoms with Crippen LogP contribution in [0.15, 0.2) is 21.5 Å². The lowest BCUT2D eigenvalue weighted by Crippen LogP contribution is -2.36. The second kappa shape index (κ2) is 5.93. The third-order valence-electron chi connectivity index (χ3n) is 2.10. The van der Waals surface area contributed by atoms with Gasteiger partial charge in [-0.25, -0.2) is 21.9 Å². The molecule has 106 valence electrons. The minimum absolute atomic E-state index is 0.236. The molecule has 0 radical (unpaired) electrons. The summed E-state index contributed by atoms with van der Waals surface area (Å²) in [5.74, 6) is -2.84. The number of hydrogen-bond donors (Lipinski definition) is 2. The molecule has 0 fully saturated rings. The molecule has 0 saturated heterocycles. The van der Waals surface area contributed by atoms with Crippen molar-refractivity contribution >= 4 is 31.9 Å². The van der Waals surface area contributed by atoms with Crippen LogP contribution < -0.4 is 10.5 Å². The zero-order valence-corrected chi connectivity index (χ0v) is 12.2. The summed E-state index contributed by atoms with van der Waals surface area (Å²) in [4.78, 5) is 9.95. The van der Waals surface area contributed by atoms with Gasteiger partial charge in [-0.2, -0.15) is 0 Å². The van der Waals surface area contributed by atoms with Crippen molar-refractivity contribution in [1.82, 2.24) is 4.72 Å². The lowest BCUT2D eigenvalue weighted by atomic mass is 10.2. The van der Waals surface area contributed by atoms with Crippen LogP contribution in [0.5, 0.6) is 0 Å². The second-order valence-corrected chi connectivity index (χ2v) is 6.40. The molecule has 1 amide bonds. The standard InChI is InChI=1S/C10H11BrF2N2O3S/c1-5(2-9(14)16)15-19(17,18)10-7(11)3-6(12)4-8(10)13/h3-5,15H,2H2,1H3,(H2,14,16). The summed E-state index contributed by atoms with van der Waals surface area (Å²) < 4.78 is 52.1. The molecule has 0 bridgehead atoms. The fourth-order valence-electron chi connectivity index (χ4n) is 1.45. The van der Waals surface area contributed by atoms with Crippen molar-refractivity contribution in [1.29, 1.82) is 0 Å². The molecule has 0 aliphatic rings. The van der Waals surface area contributed by atoms with E-state index in [0.29, 0.717) is 6.07 Å². The molecule has 0 saturated carbocycles. The van der Waals surface area contributed by atoms with Crippen LogP contribution in [0.4, 0.5) is 8.78 Å². The van der Waals surface area contributed by atoms with E-state index < -0.39 is 38.5 Å². The number of sulfonamides is 1. The van der Waals surface area contributed by atoms with Crippen molar-refractivity contribution in [3.05, 3.63) is 28.2 Å². The normalized spacial score (nSPS) is 13.3. The summed E-state index contributed by atoms with van der Waals surface area (Å²) in [5.41, 5.74) is 4.92. The first-order chi connectivity index (χ1) is 8.63. The van der Waals surface area contributed by atoms with Crippen molar-refractivity contribution < 1.29 is 22.0 Å². The van der Waals surface area contributed by atoms with Gasteiger partial charge in [-0.05, 0) is 28.9 Å². The Morgan fingerprint density at radius 1 is 1.47 bits per heavy atom. The first-order valence-electron chi connectivity index (χ1n) is 5.08. The van der Waals surface area contributed by atoms with Crippen LogP contribution in [0.2, 0.25) is 0 Å². The number of nitrogens with one attached hydrogen (secondary N) is 1. The van der Waals surface area contributed by atoms with Gasteiger partial charge in [0.1, 0.15) is 16.5 Å². The monoisotopic (exact) mass is 356 g/mol. The molecule has 0 aliphatic carbocycles. The fraction of sp³-hybridized carbons (Fsp3) is 0.300. The van der Waals surface area contributed by atoms with E-state index in [-0.39, 0.29) is 10.9 Å². The van der Waals surface area contributed by atoms with Gasteiger partial charge in [0.05, 0.1) is 0 Å². The average Bonchev–Trinajstić information content (AvgIpc) is 2.10.